The van der Waals surface area contributed by atoms with Crippen LogP contribution >= 0.6 is 0 Å². The third-order valence-electron chi connectivity index (χ3n) is 7.23. The third-order valence-corrected chi connectivity index (χ3v) is 7.23. The molecule has 2 fully saturated rings. The highest BCUT2D eigenvalue weighted by molar-refractivity contribution is 5.99. The summed E-state index contributed by atoms with van der Waals surface area (Å²) < 4.78 is 21.7. The number of ketones is 1. The van der Waals surface area contributed by atoms with Crippen molar-refractivity contribution in [3.8, 4) is 5.75 Å². The van der Waals surface area contributed by atoms with Crippen LogP contribution in [0.2, 0.25) is 0 Å². The van der Waals surface area contributed by atoms with Crippen molar-refractivity contribution in [2.24, 2.45) is 17.3 Å². The number of rotatable bonds is 6. The van der Waals surface area contributed by atoms with Gasteiger partial charge >= 0.3 is 0 Å². The van der Waals surface area contributed by atoms with Gasteiger partial charge in [0.05, 0.1) is 6.10 Å². The zero-order valence-corrected chi connectivity index (χ0v) is 16.5. The van der Waals surface area contributed by atoms with E-state index >= 15 is 0 Å². The molecule has 1 aromatic carbocycles. The predicted molar refractivity (Wildman–Crippen MR) is 101 cm³/mol. The maximum atomic E-state index is 13.0. The van der Waals surface area contributed by atoms with Crippen molar-refractivity contribution in [1.29, 1.82) is 0 Å². The Labute approximate surface area is 161 Å². The van der Waals surface area contributed by atoms with Gasteiger partial charge in [-0.2, -0.15) is 0 Å². The summed E-state index contributed by atoms with van der Waals surface area (Å²) in [7, 11) is 3.27. The van der Waals surface area contributed by atoms with E-state index in [2.05, 4.69) is 13.0 Å². The summed E-state index contributed by atoms with van der Waals surface area (Å²) in [4.78, 5) is 13.0. The molecule has 0 saturated heterocycles. The molecular weight excluding hydrogens is 344 g/mol. The number of carbonyl (C=O) groups excluding carboxylic acids is 1. The topological polar surface area (TPSA) is 54.0 Å². The molecule has 3 aliphatic rings. The van der Waals surface area contributed by atoms with Crippen LogP contribution in [-0.4, -0.2) is 39.7 Å². The Hall–Kier alpha value is -1.43. The molecule has 0 aliphatic heterocycles. The Bertz CT molecular complexity index is 702. The Kier molecular flexibility index (Phi) is 5.28. The fourth-order valence-electron chi connectivity index (χ4n) is 5.98. The Morgan fingerprint density at radius 2 is 1.93 bits per heavy atom. The Balaban J connectivity index is 1.58. The normalized spacial score (nSPS) is 34.7. The highest BCUT2D eigenvalue weighted by Gasteiger charge is 2.56. The number of methoxy groups -OCH3 is 2. The van der Waals surface area contributed by atoms with E-state index in [1.807, 2.05) is 12.1 Å². The number of hydrogen-bond acceptors (Lipinski definition) is 5. The molecule has 0 amide bonds. The lowest BCUT2D eigenvalue weighted by Gasteiger charge is -2.50. The lowest BCUT2D eigenvalue weighted by molar-refractivity contribution is -0.124. The van der Waals surface area contributed by atoms with Gasteiger partial charge in [0.25, 0.3) is 0 Å². The molecule has 0 bridgehead atoms. The highest BCUT2D eigenvalue weighted by Crippen LogP contribution is 2.61. The van der Waals surface area contributed by atoms with Gasteiger partial charge in [-0.15, -0.1) is 0 Å². The van der Waals surface area contributed by atoms with Crippen LogP contribution in [0.5, 0.6) is 5.75 Å². The molecule has 0 heterocycles. The van der Waals surface area contributed by atoms with Crippen LogP contribution in [0.15, 0.2) is 18.2 Å². The van der Waals surface area contributed by atoms with Crippen molar-refractivity contribution in [1.82, 2.24) is 0 Å². The van der Waals surface area contributed by atoms with E-state index in [4.69, 9.17) is 18.9 Å². The van der Waals surface area contributed by atoms with Gasteiger partial charge in [-0.25, -0.2) is 0 Å². The second kappa shape index (κ2) is 7.53. The molecule has 27 heavy (non-hydrogen) atoms. The number of Topliss-reactive ketones (excluding diaryl/α,β-unsaturated/α-hetero) is 1. The minimum absolute atomic E-state index is 0.152. The standard InChI is InChI=1S/C22H30O5/c1-22-9-8-16-15-5-4-14(26-12-24-2)10-18(15)20(23)11-17(16)19(22)6-7-21(22)27-13-25-3/h4-5,10,16-17,19,21H,6-9,11-13H2,1-3H3. The molecule has 3 aliphatic carbocycles. The van der Waals surface area contributed by atoms with Gasteiger partial charge < -0.3 is 18.9 Å². The molecule has 4 rings (SSSR count). The van der Waals surface area contributed by atoms with Crippen molar-refractivity contribution in [2.75, 3.05) is 27.8 Å². The lowest BCUT2D eigenvalue weighted by Crippen LogP contribution is -2.45. The van der Waals surface area contributed by atoms with Crippen LogP contribution in [0.1, 0.15) is 60.9 Å². The molecule has 5 unspecified atom stereocenters. The van der Waals surface area contributed by atoms with Crippen LogP contribution in [0.3, 0.4) is 0 Å². The fraction of sp³-hybridized carbons (Fsp3) is 0.682. The minimum atomic E-state index is 0.152. The molecular formula is C22H30O5. The van der Waals surface area contributed by atoms with Crippen molar-refractivity contribution in [2.45, 2.75) is 51.0 Å². The first-order chi connectivity index (χ1) is 13.1. The van der Waals surface area contributed by atoms with Crippen LogP contribution in [0, 0.1) is 17.3 Å². The quantitative estimate of drug-likeness (QED) is 0.700. The van der Waals surface area contributed by atoms with E-state index in [0.717, 1.165) is 31.2 Å². The fourth-order valence-corrected chi connectivity index (χ4v) is 5.98. The number of fused-ring (bicyclic) bond motifs is 5. The molecule has 5 heteroatoms. The highest BCUT2D eigenvalue weighted by atomic mass is 16.7. The van der Waals surface area contributed by atoms with Crippen molar-refractivity contribution in [3.05, 3.63) is 29.3 Å². The van der Waals surface area contributed by atoms with Gasteiger partial charge in [0.2, 0.25) is 0 Å². The van der Waals surface area contributed by atoms with Gasteiger partial charge in [0.15, 0.2) is 12.6 Å². The van der Waals surface area contributed by atoms with Crippen LogP contribution in [-0.2, 0) is 14.2 Å². The first-order valence-corrected chi connectivity index (χ1v) is 9.98. The van der Waals surface area contributed by atoms with Crippen LogP contribution in [0.4, 0.5) is 0 Å². The summed E-state index contributed by atoms with van der Waals surface area (Å²) in [5, 5.41) is 0. The van der Waals surface area contributed by atoms with Gasteiger partial charge in [0.1, 0.15) is 12.5 Å². The zero-order valence-electron chi connectivity index (χ0n) is 16.5. The van der Waals surface area contributed by atoms with E-state index in [1.54, 1.807) is 14.2 Å². The van der Waals surface area contributed by atoms with Crippen molar-refractivity contribution < 1.29 is 23.7 Å². The third kappa shape index (κ3) is 3.20. The molecule has 148 valence electrons. The first-order valence-electron chi connectivity index (χ1n) is 9.98. The van der Waals surface area contributed by atoms with E-state index in [0.29, 0.717) is 36.7 Å². The summed E-state index contributed by atoms with van der Waals surface area (Å²) in [6, 6.07) is 5.98. The molecule has 0 aromatic heterocycles. The summed E-state index contributed by atoms with van der Waals surface area (Å²) in [5.41, 5.74) is 2.21. The van der Waals surface area contributed by atoms with E-state index in [9.17, 15) is 4.79 Å². The summed E-state index contributed by atoms with van der Waals surface area (Å²) in [6.45, 7) is 2.91. The first kappa shape index (κ1) is 18.9. The maximum Gasteiger partial charge on any atom is 0.188 e. The average molecular weight is 374 g/mol. The van der Waals surface area contributed by atoms with Gasteiger partial charge in [-0.3, -0.25) is 4.79 Å². The molecule has 5 nitrogen and oxygen atoms in total. The largest absolute Gasteiger partial charge is 0.468 e. The van der Waals surface area contributed by atoms with Crippen LogP contribution < -0.4 is 4.74 Å². The summed E-state index contributed by atoms with van der Waals surface area (Å²) in [6.07, 6.45) is 5.35. The summed E-state index contributed by atoms with van der Waals surface area (Å²) >= 11 is 0. The molecule has 0 spiro atoms. The number of carbonyl (C=O) groups is 1. The SMILES string of the molecule is COCOc1ccc2c(c1)C(=O)CC1C2CCC2(C)C(OCOC)CCC12. The van der Waals surface area contributed by atoms with Gasteiger partial charge in [-0.1, -0.05) is 13.0 Å². The second-order valence-electron chi connectivity index (χ2n) is 8.49. The lowest BCUT2D eigenvalue weighted by atomic mass is 9.55. The molecule has 5 atom stereocenters. The van der Waals surface area contributed by atoms with E-state index in [1.165, 1.54) is 5.56 Å². The van der Waals surface area contributed by atoms with Crippen LogP contribution in [0.25, 0.3) is 0 Å². The van der Waals surface area contributed by atoms with E-state index < -0.39 is 0 Å². The Morgan fingerprint density at radius 3 is 2.70 bits per heavy atom. The van der Waals surface area contributed by atoms with Gasteiger partial charge in [0, 0.05) is 26.2 Å². The summed E-state index contributed by atoms with van der Waals surface area (Å²) in [5.74, 6) is 2.38. The minimum Gasteiger partial charge on any atom is -0.468 e. The monoisotopic (exact) mass is 374 g/mol. The Morgan fingerprint density at radius 1 is 1.11 bits per heavy atom. The zero-order chi connectivity index (χ0) is 19.0. The number of ether oxygens (including phenoxy) is 4. The molecule has 0 radical (unpaired) electrons. The second-order valence-corrected chi connectivity index (χ2v) is 8.49. The molecule has 0 N–H and O–H groups in total. The molecule has 1 aromatic rings. The number of benzene rings is 1. The smallest absolute Gasteiger partial charge is 0.188 e. The number of hydrogen-bond donors (Lipinski definition) is 0. The maximum absolute atomic E-state index is 13.0. The van der Waals surface area contributed by atoms with Crippen molar-refractivity contribution >= 4 is 5.78 Å². The predicted octanol–water partition coefficient (Wildman–Crippen LogP) is 4.15. The van der Waals surface area contributed by atoms with E-state index in [-0.39, 0.29) is 24.1 Å². The van der Waals surface area contributed by atoms with Crippen molar-refractivity contribution in [3.63, 3.8) is 0 Å². The molecule has 2 saturated carbocycles. The van der Waals surface area contributed by atoms with Gasteiger partial charge in [-0.05, 0) is 66.5 Å². The average Bonchev–Trinajstić information content (AvgIpc) is 3.01.